The molecule has 2 amide bonds. The van der Waals surface area contributed by atoms with E-state index in [1.807, 2.05) is 6.92 Å². The fourth-order valence-electron chi connectivity index (χ4n) is 1.10. The number of nitrogens with one attached hydrogen (secondary N) is 2. The molecule has 1 heterocycles. The highest BCUT2D eigenvalue weighted by atomic mass is 32.1. The number of hydrogen-bond acceptors (Lipinski definition) is 4. The van der Waals surface area contributed by atoms with Crippen LogP contribution in [0.2, 0.25) is 0 Å². The predicted molar refractivity (Wildman–Crippen MR) is 72.5 cm³/mol. The summed E-state index contributed by atoms with van der Waals surface area (Å²) in [5, 5.41) is 5.90. The molecule has 0 saturated heterocycles. The molecule has 0 unspecified atom stereocenters. The molecule has 1 aromatic rings. The van der Waals surface area contributed by atoms with Crippen LogP contribution in [0.25, 0.3) is 0 Å². The molecule has 1 atom stereocenters. The Labute approximate surface area is 111 Å². The van der Waals surface area contributed by atoms with E-state index in [0.717, 1.165) is 4.88 Å². The first kappa shape index (κ1) is 14.6. The van der Waals surface area contributed by atoms with Crippen molar-refractivity contribution >= 4 is 28.3 Å². The summed E-state index contributed by atoms with van der Waals surface area (Å²) in [6.07, 6.45) is 1.69. The third-order valence-electron chi connectivity index (χ3n) is 2.27. The van der Waals surface area contributed by atoms with Crippen molar-refractivity contribution in [3.8, 4) is 0 Å². The SMILES string of the molecule is Cc1cnc(NC(=O)[C@H](C)NC(=O)C(C)(C)C)s1. The molecule has 2 N–H and O–H groups in total. The van der Waals surface area contributed by atoms with Crippen LogP contribution in [0, 0.1) is 12.3 Å². The van der Waals surface area contributed by atoms with Gasteiger partial charge in [-0.15, -0.1) is 11.3 Å². The van der Waals surface area contributed by atoms with Gasteiger partial charge in [0.05, 0.1) is 0 Å². The van der Waals surface area contributed by atoms with E-state index in [2.05, 4.69) is 15.6 Å². The molecule has 0 aliphatic rings. The van der Waals surface area contributed by atoms with Gasteiger partial charge in [0, 0.05) is 16.5 Å². The number of aryl methyl sites for hydroxylation is 1. The summed E-state index contributed by atoms with van der Waals surface area (Å²) in [6.45, 7) is 8.98. The van der Waals surface area contributed by atoms with Crippen LogP contribution >= 0.6 is 11.3 Å². The summed E-state index contributed by atoms with van der Waals surface area (Å²) in [5.74, 6) is -0.414. The molecule has 5 nitrogen and oxygen atoms in total. The molecule has 0 radical (unpaired) electrons. The fraction of sp³-hybridized carbons (Fsp3) is 0.583. The molecule has 0 fully saturated rings. The molecule has 100 valence electrons. The summed E-state index contributed by atoms with van der Waals surface area (Å²) in [4.78, 5) is 28.6. The normalized spacial score (nSPS) is 12.9. The van der Waals surface area contributed by atoms with Crippen LogP contribution < -0.4 is 10.6 Å². The average molecular weight is 269 g/mol. The summed E-state index contributed by atoms with van der Waals surface area (Å²) < 4.78 is 0. The largest absolute Gasteiger partial charge is 0.344 e. The van der Waals surface area contributed by atoms with Gasteiger partial charge in [0.1, 0.15) is 6.04 Å². The highest BCUT2D eigenvalue weighted by Crippen LogP contribution is 2.17. The Morgan fingerprint density at radius 1 is 1.39 bits per heavy atom. The van der Waals surface area contributed by atoms with Gasteiger partial charge >= 0.3 is 0 Å². The molecule has 0 saturated carbocycles. The van der Waals surface area contributed by atoms with Gasteiger partial charge in [-0.2, -0.15) is 0 Å². The molecule has 6 heteroatoms. The monoisotopic (exact) mass is 269 g/mol. The first-order valence-electron chi connectivity index (χ1n) is 5.74. The second kappa shape index (κ2) is 5.48. The molecule has 0 aliphatic carbocycles. The number of anilines is 1. The van der Waals surface area contributed by atoms with Gasteiger partial charge < -0.3 is 10.6 Å². The number of thiazole rings is 1. The van der Waals surface area contributed by atoms with Crippen molar-refractivity contribution in [1.29, 1.82) is 0 Å². The third-order valence-corrected chi connectivity index (χ3v) is 3.10. The lowest BCUT2D eigenvalue weighted by molar-refractivity contribution is -0.131. The fourth-order valence-corrected chi connectivity index (χ4v) is 1.77. The zero-order chi connectivity index (χ0) is 13.9. The molecular weight excluding hydrogens is 250 g/mol. The quantitative estimate of drug-likeness (QED) is 0.881. The first-order valence-corrected chi connectivity index (χ1v) is 6.56. The van der Waals surface area contributed by atoms with E-state index < -0.39 is 11.5 Å². The van der Waals surface area contributed by atoms with Crippen LogP contribution in [0.15, 0.2) is 6.20 Å². The van der Waals surface area contributed by atoms with E-state index in [9.17, 15) is 9.59 Å². The van der Waals surface area contributed by atoms with Crippen LogP contribution in [-0.2, 0) is 9.59 Å². The Kier molecular flexibility index (Phi) is 4.45. The summed E-state index contributed by atoms with van der Waals surface area (Å²) in [5.41, 5.74) is -0.508. The number of amides is 2. The van der Waals surface area contributed by atoms with E-state index >= 15 is 0 Å². The molecule has 18 heavy (non-hydrogen) atoms. The molecule has 0 bridgehead atoms. The van der Waals surface area contributed by atoms with Crippen LogP contribution in [-0.4, -0.2) is 22.8 Å². The van der Waals surface area contributed by atoms with Gasteiger partial charge in [0.25, 0.3) is 0 Å². The summed E-state index contributed by atoms with van der Waals surface area (Å²) >= 11 is 1.40. The van der Waals surface area contributed by atoms with E-state index in [1.165, 1.54) is 11.3 Å². The maximum atomic E-state index is 11.8. The van der Waals surface area contributed by atoms with Gasteiger partial charge in [0.15, 0.2) is 5.13 Å². The van der Waals surface area contributed by atoms with Crippen molar-refractivity contribution in [3.63, 3.8) is 0 Å². The number of rotatable bonds is 3. The molecule has 0 spiro atoms. The minimum atomic E-state index is -0.582. The average Bonchev–Trinajstić information content (AvgIpc) is 2.62. The van der Waals surface area contributed by atoms with E-state index in [4.69, 9.17) is 0 Å². The van der Waals surface area contributed by atoms with Gasteiger partial charge in [-0.1, -0.05) is 20.8 Å². The van der Waals surface area contributed by atoms with Crippen LogP contribution in [0.1, 0.15) is 32.6 Å². The van der Waals surface area contributed by atoms with Gasteiger partial charge in [-0.3, -0.25) is 9.59 Å². The molecule has 1 rings (SSSR count). The zero-order valence-corrected chi connectivity index (χ0v) is 12.1. The molecule has 1 aromatic heterocycles. The lowest BCUT2D eigenvalue weighted by atomic mass is 9.95. The molecule has 0 aliphatic heterocycles. The van der Waals surface area contributed by atoms with Crippen LogP contribution in [0.4, 0.5) is 5.13 Å². The van der Waals surface area contributed by atoms with E-state index in [0.29, 0.717) is 5.13 Å². The Bertz CT molecular complexity index is 448. The van der Waals surface area contributed by atoms with Crippen LogP contribution in [0.3, 0.4) is 0 Å². The lowest BCUT2D eigenvalue weighted by Crippen LogP contribution is -2.46. The standard InChI is InChI=1S/C12H19N3O2S/c1-7-6-13-11(18-7)15-9(16)8(2)14-10(17)12(3,4)5/h6,8H,1-5H3,(H,14,17)(H,13,15,16)/t8-/m0/s1. The second-order valence-corrected chi connectivity index (χ2v) is 6.45. The Hall–Kier alpha value is -1.43. The van der Waals surface area contributed by atoms with Crippen molar-refractivity contribution in [2.75, 3.05) is 5.32 Å². The Morgan fingerprint density at radius 2 is 2.00 bits per heavy atom. The number of carbonyl (C=O) groups excluding carboxylic acids is 2. The molecular formula is C12H19N3O2S. The predicted octanol–water partition coefficient (Wildman–Crippen LogP) is 1.94. The van der Waals surface area contributed by atoms with E-state index in [1.54, 1.807) is 33.9 Å². The maximum Gasteiger partial charge on any atom is 0.248 e. The summed E-state index contributed by atoms with van der Waals surface area (Å²) in [7, 11) is 0. The topological polar surface area (TPSA) is 71.1 Å². The number of carbonyl (C=O) groups is 2. The highest BCUT2D eigenvalue weighted by molar-refractivity contribution is 7.15. The number of aromatic nitrogens is 1. The van der Waals surface area contributed by atoms with Gasteiger partial charge in [-0.25, -0.2) is 4.98 Å². The number of nitrogens with zero attached hydrogens (tertiary/aromatic N) is 1. The highest BCUT2D eigenvalue weighted by Gasteiger charge is 2.25. The second-order valence-electron chi connectivity index (χ2n) is 5.21. The first-order chi connectivity index (χ1) is 8.20. The lowest BCUT2D eigenvalue weighted by Gasteiger charge is -2.21. The van der Waals surface area contributed by atoms with Crippen molar-refractivity contribution in [1.82, 2.24) is 10.3 Å². The van der Waals surface area contributed by atoms with Crippen LogP contribution in [0.5, 0.6) is 0 Å². The van der Waals surface area contributed by atoms with Crippen molar-refractivity contribution < 1.29 is 9.59 Å². The number of hydrogen-bond donors (Lipinski definition) is 2. The van der Waals surface area contributed by atoms with Crippen molar-refractivity contribution in [3.05, 3.63) is 11.1 Å². The Morgan fingerprint density at radius 3 is 2.44 bits per heavy atom. The summed E-state index contributed by atoms with van der Waals surface area (Å²) in [6, 6.07) is -0.582. The van der Waals surface area contributed by atoms with Crippen molar-refractivity contribution in [2.24, 2.45) is 5.41 Å². The minimum Gasteiger partial charge on any atom is -0.344 e. The smallest absolute Gasteiger partial charge is 0.248 e. The maximum absolute atomic E-state index is 11.8. The van der Waals surface area contributed by atoms with Crippen molar-refractivity contribution in [2.45, 2.75) is 40.7 Å². The zero-order valence-electron chi connectivity index (χ0n) is 11.3. The van der Waals surface area contributed by atoms with E-state index in [-0.39, 0.29) is 11.8 Å². The van der Waals surface area contributed by atoms with Gasteiger partial charge in [0.2, 0.25) is 11.8 Å². The minimum absolute atomic E-state index is 0.152. The molecule has 0 aromatic carbocycles. The van der Waals surface area contributed by atoms with Gasteiger partial charge in [-0.05, 0) is 13.8 Å². The Balaban J connectivity index is 2.54. The third kappa shape index (κ3) is 4.10.